The minimum Gasteiger partial charge on any atom is -0.410 e. The third kappa shape index (κ3) is 7.75. The minimum absolute atomic E-state index is 0.241. The van der Waals surface area contributed by atoms with Gasteiger partial charge in [0.1, 0.15) is 5.75 Å². The van der Waals surface area contributed by atoms with E-state index >= 15 is 0 Å². The zero-order valence-electron chi connectivity index (χ0n) is 18.4. The lowest BCUT2D eigenvalue weighted by atomic mass is 9.86. The van der Waals surface area contributed by atoms with Crippen molar-refractivity contribution in [2.24, 2.45) is 5.92 Å². The van der Waals surface area contributed by atoms with Gasteiger partial charge in [-0.25, -0.2) is 4.79 Å². The molecule has 1 aliphatic carbocycles. The summed E-state index contributed by atoms with van der Waals surface area (Å²) in [6.07, 6.45) is 10.5. The number of halogens is 1. The lowest BCUT2D eigenvalue weighted by Gasteiger charge is -2.34. The average Bonchev–Trinajstić information content (AvgIpc) is 2.78. The van der Waals surface area contributed by atoms with Gasteiger partial charge in [-0.3, -0.25) is 0 Å². The molecule has 0 aromatic heterocycles. The Morgan fingerprint density at radius 3 is 2.47 bits per heavy atom. The summed E-state index contributed by atoms with van der Waals surface area (Å²) >= 11 is 5.88. The molecule has 0 atom stereocenters. The first-order valence-electron chi connectivity index (χ1n) is 11.6. The molecule has 1 saturated heterocycles. The first-order valence-corrected chi connectivity index (χ1v) is 12.0. The molecular formula is C24H37ClN2O3. The Bertz CT molecular complexity index is 626. The van der Waals surface area contributed by atoms with E-state index in [1.807, 2.05) is 7.05 Å². The van der Waals surface area contributed by atoms with Crippen LogP contribution in [0.1, 0.15) is 57.8 Å². The van der Waals surface area contributed by atoms with Crippen molar-refractivity contribution < 1.29 is 14.3 Å². The molecule has 0 N–H and O–H groups in total. The molecule has 2 fully saturated rings. The molecule has 0 radical (unpaired) electrons. The maximum absolute atomic E-state index is 12.4. The number of carbonyl (C=O) groups excluding carboxylic acids is 1. The van der Waals surface area contributed by atoms with Crippen molar-refractivity contribution in [1.82, 2.24) is 9.80 Å². The molecule has 3 rings (SSSR count). The first-order chi connectivity index (χ1) is 14.6. The fourth-order valence-corrected chi connectivity index (χ4v) is 4.62. The Hall–Kier alpha value is -1.30. The van der Waals surface area contributed by atoms with Crippen molar-refractivity contribution in [3.63, 3.8) is 0 Å². The quantitative estimate of drug-likeness (QED) is 0.471. The molecule has 0 unspecified atom stereocenters. The zero-order chi connectivity index (χ0) is 21.2. The molecule has 2 aliphatic rings. The number of hydrogen-bond donors (Lipinski definition) is 0. The van der Waals surface area contributed by atoms with Gasteiger partial charge in [-0.15, -0.1) is 0 Å². The van der Waals surface area contributed by atoms with Crippen LogP contribution >= 0.6 is 11.6 Å². The highest BCUT2D eigenvalue weighted by Crippen LogP contribution is 2.28. The van der Waals surface area contributed by atoms with Crippen LogP contribution in [0.2, 0.25) is 5.02 Å². The summed E-state index contributed by atoms with van der Waals surface area (Å²) in [6, 6.07) is 7.13. The summed E-state index contributed by atoms with van der Waals surface area (Å²) in [4.78, 5) is 16.7. The van der Waals surface area contributed by atoms with Crippen LogP contribution < -0.4 is 4.74 Å². The second-order valence-electron chi connectivity index (χ2n) is 8.79. The summed E-state index contributed by atoms with van der Waals surface area (Å²) in [5.41, 5.74) is 0. The SMILES string of the molecule is CN(C(=O)Oc1ccc(Cl)cc1)C1CCC(COCCCCN2CCCCC2)CC1. The monoisotopic (exact) mass is 436 g/mol. The second kappa shape index (κ2) is 12.5. The van der Waals surface area contributed by atoms with Crippen molar-refractivity contribution in [2.75, 3.05) is 39.9 Å². The summed E-state index contributed by atoms with van der Waals surface area (Å²) in [7, 11) is 1.84. The maximum Gasteiger partial charge on any atom is 0.415 e. The van der Waals surface area contributed by atoms with Crippen LogP contribution in [-0.2, 0) is 4.74 Å². The van der Waals surface area contributed by atoms with Crippen molar-refractivity contribution in [3.05, 3.63) is 29.3 Å². The predicted octanol–water partition coefficient (Wildman–Crippen LogP) is 5.61. The van der Waals surface area contributed by atoms with E-state index in [9.17, 15) is 4.79 Å². The number of piperidine rings is 1. The number of amides is 1. The third-order valence-electron chi connectivity index (χ3n) is 6.49. The Balaban J connectivity index is 1.25. The molecule has 1 amide bonds. The Labute approximate surface area is 186 Å². The molecule has 1 heterocycles. The Morgan fingerprint density at radius 2 is 1.77 bits per heavy atom. The van der Waals surface area contributed by atoms with Crippen LogP contribution in [0.4, 0.5) is 4.79 Å². The van der Waals surface area contributed by atoms with Gasteiger partial charge in [0.2, 0.25) is 0 Å². The standard InChI is InChI=1S/C24H37ClN2O3/c1-26(24(28)30-23-13-9-21(25)10-14-23)22-11-7-20(8-12-22)19-29-18-6-5-17-27-15-3-2-4-16-27/h9-10,13-14,20,22H,2-8,11-12,15-19H2,1H3. The predicted molar refractivity (Wildman–Crippen MR) is 121 cm³/mol. The van der Waals surface area contributed by atoms with Gasteiger partial charge < -0.3 is 19.3 Å². The molecule has 0 spiro atoms. The highest BCUT2D eigenvalue weighted by molar-refractivity contribution is 6.30. The van der Waals surface area contributed by atoms with Crippen molar-refractivity contribution >= 4 is 17.7 Å². The number of carbonyl (C=O) groups is 1. The van der Waals surface area contributed by atoms with E-state index in [1.54, 1.807) is 29.2 Å². The number of unbranched alkanes of at least 4 members (excludes halogenated alkanes) is 1. The van der Waals surface area contributed by atoms with E-state index in [2.05, 4.69) is 4.90 Å². The minimum atomic E-state index is -0.300. The van der Waals surface area contributed by atoms with E-state index in [4.69, 9.17) is 21.1 Å². The highest BCUT2D eigenvalue weighted by atomic mass is 35.5. The van der Waals surface area contributed by atoms with Crippen molar-refractivity contribution in [2.45, 2.75) is 63.8 Å². The van der Waals surface area contributed by atoms with E-state index in [0.717, 1.165) is 45.3 Å². The molecule has 6 heteroatoms. The zero-order valence-corrected chi connectivity index (χ0v) is 19.1. The summed E-state index contributed by atoms with van der Waals surface area (Å²) in [6.45, 7) is 5.53. The van der Waals surface area contributed by atoms with Gasteiger partial charge >= 0.3 is 6.09 Å². The van der Waals surface area contributed by atoms with E-state index < -0.39 is 0 Å². The first kappa shape index (κ1) is 23.4. The van der Waals surface area contributed by atoms with Crippen molar-refractivity contribution in [1.29, 1.82) is 0 Å². The number of rotatable bonds is 9. The van der Waals surface area contributed by atoms with Crippen LogP contribution in [0, 0.1) is 5.92 Å². The van der Waals surface area contributed by atoms with Gasteiger partial charge in [-0.2, -0.15) is 0 Å². The van der Waals surface area contributed by atoms with Gasteiger partial charge in [0.05, 0.1) is 0 Å². The lowest BCUT2D eigenvalue weighted by molar-refractivity contribution is 0.0652. The number of ether oxygens (including phenoxy) is 2. The molecule has 1 saturated carbocycles. The number of likely N-dealkylation sites (tertiary alicyclic amines) is 1. The number of benzene rings is 1. The summed E-state index contributed by atoms with van der Waals surface area (Å²) in [5.74, 6) is 1.14. The van der Waals surface area contributed by atoms with Crippen LogP contribution in [0.3, 0.4) is 0 Å². The lowest BCUT2D eigenvalue weighted by Crippen LogP contribution is -2.41. The largest absolute Gasteiger partial charge is 0.415 e. The number of hydrogen-bond acceptors (Lipinski definition) is 4. The number of nitrogens with zero attached hydrogens (tertiary/aromatic N) is 2. The summed E-state index contributed by atoms with van der Waals surface area (Å²) in [5, 5.41) is 0.630. The van der Waals surface area contributed by atoms with Gasteiger partial charge in [0.15, 0.2) is 0 Å². The Kier molecular flexibility index (Phi) is 9.76. The Morgan fingerprint density at radius 1 is 1.07 bits per heavy atom. The third-order valence-corrected chi connectivity index (χ3v) is 6.74. The van der Waals surface area contributed by atoms with E-state index in [-0.39, 0.29) is 12.1 Å². The van der Waals surface area contributed by atoms with Crippen LogP contribution in [-0.4, -0.2) is 61.8 Å². The van der Waals surface area contributed by atoms with Crippen LogP contribution in [0.25, 0.3) is 0 Å². The smallest absolute Gasteiger partial charge is 0.410 e. The molecular weight excluding hydrogens is 400 g/mol. The molecule has 1 aromatic carbocycles. The second-order valence-corrected chi connectivity index (χ2v) is 9.23. The maximum atomic E-state index is 12.4. The van der Waals surface area contributed by atoms with Gasteiger partial charge in [-0.1, -0.05) is 18.0 Å². The van der Waals surface area contributed by atoms with Crippen LogP contribution in [0.15, 0.2) is 24.3 Å². The molecule has 1 aliphatic heterocycles. The fourth-order valence-electron chi connectivity index (χ4n) is 4.50. The fraction of sp³-hybridized carbons (Fsp3) is 0.708. The summed E-state index contributed by atoms with van der Waals surface area (Å²) < 4.78 is 11.4. The van der Waals surface area contributed by atoms with E-state index in [0.29, 0.717) is 16.7 Å². The van der Waals surface area contributed by atoms with Crippen molar-refractivity contribution in [3.8, 4) is 5.75 Å². The van der Waals surface area contributed by atoms with Crippen LogP contribution in [0.5, 0.6) is 5.75 Å². The van der Waals surface area contributed by atoms with Gasteiger partial charge in [-0.05, 0) is 101 Å². The molecule has 1 aromatic rings. The average molecular weight is 437 g/mol. The van der Waals surface area contributed by atoms with Gasteiger partial charge in [0.25, 0.3) is 0 Å². The topological polar surface area (TPSA) is 42.0 Å². The van der Waals surface area contributed by atoms with E-state index in [1.165, 1.54) is 45.3 Å². The van der Waals surface area contributed by atoms with Gasteiger partial charge in [0, 0.05) is 31.3 Å². The molecule has 5 nitrogen and oxygen atoms in total. The molecule has 30 heavy (non-hydrogen) atoms. The highest BCUT2D eigenvalue weighted by Gasteiger charge is 2.27. The molecule has 0 bridgehead atoms. The molecule has 168 valence electrons. The normalized spacial score (nSPS) is 22.6.